The van der Waals surface area contributed by atoms with E-state index in [1.165, 1.54) is 0 Å². The Labute approximate surface area is 192 Å². The molecule has 1 aromatic carbocycles. The van der Waals surface area contributed by atoms with E-state index in [1.807, 2.05) is 73.1 Å². The van der Waals surface area contributed by atoms with Crippen molar-refractivity contribution in [1.29, 1.82) is 0 Å². The van der Waals surface area contributed by atoms with Crippen LogP contribution in [0.5, 0.6) is 5.75 Å². The van der Waals surface area contributed by atoms with E-state index in [0.717, 1.165) is 28.5 Å². The molecule has 4 heterocycles. The highest BCUT2D eigenvalue weighted by Gasteiger charge is 2.42. The topological polar surface area (TPSA) is 55.2 Å². The Morgan fingerprint density at radius 1 is 0.938 bits per heavy atom. The molecule has 0 saturated carbocycles. The monoisotopic (exact) mass is 441 g/mol. The molecule has 1 N–H and O–H groups in total. The van der Waals surface area contributed by atoms with Crippen molar-refractivity contribution in [1.82, 2.24) is 19.9 Å². The molecule has 0 unspecified atom stereocenters. The van der Waals surface area contributed by atoms with Gasteiger partial charge in [0.1, 0.15) is 11.8 Å². The van der Waals surface area contributed by atoms with Gasteiger partial charge in [0.2, 0.25) is 0 Å². The van der Waals surface area contributed by atoms with Crippen molar-refractivity contribution in [2.75, 3.05) is 12.0 Å². The minimum absolute atomic E-state index is 0.0792. The largest absolute Gasteiger partial charge is 0.497 e. The summed E-state index contributed by atoms with van der Waals surface area (Å²) >= 11 is 5.82. The predicted molar refractivity (Wildman–Crippen MR) is 129 cm³/mol. The minimum atomic E-state index is -0.0943. The number of nitrogens with one attached hydrogen (secondary N) is 1. The Morgan fingerprint density at radius 3 is 2.41 bits per heavy atom. The summed E-state index contributed by atoms with van der Waals surface area (Å²) in [6.07, 6.45) is 5.73. The standard InChI is InChI=1S/C25H23N5OS/c1-31-20-12-10-19(11-13-20)30-24(23(28-25(30)32)21-8-3-5-15-27-21)22-9-6-16-29(22)17-18-7-2-4-14-26-18/h2-16,23-24H,17H2,1H3,(H,28,32)/t23-,24-/m0/s1. The first kappa shape index (κ1) is 20.2. The first-order valence-electron chi connectivity index (χ1n) is 10.4. The van der Waals surface area contributed by atoms with Crippen LogP contribution in [0.3, 0.4) is 0 Å². The Balaban J connectivity index is 1.59. The fraction of sp³-hybridized carbons (Fsp3) is 0.160. The molecular formula is C25H23N5OS. The van der Waals surface area contributed by atoms with E-state index in [4.69, 9.17) is 17.0 Å². The van der Waals surface area contributed by atoms with Gasteiger partial charge in [0.05, 0.1) is 31.1 Å². The lowest BCUT2D eigenvalue weighted by Gasteiger charge is -2.29. The third-order valence-corrected chi connectivity index (χ3v) is 5.99. The number of thiocarbonyl (C=S) groups is 1. The maximum atomic E-state index is 5.82. The number of hydrogen-bond donors (Lipinski definition) is 1. The van der Waals surface area contributed by atoms with E-state index in [1.54, 1.807) is 7.11 Å². The third kappa shape index (κ3) is 3.83. The van der Waals surface area contributed by atoms with Crippen LogP contribution in [0.2, 0.25) is 0 Å². The van der Waals surface area contributed by atoms with Gasteiger partial charge >= 0.3 is 0 Å². The van der Waals surface area contributed by atoms with Crippen molar-refractivity contribution in [3.63, 3.8) is 0 Å². The molecule has 0 bridgehead atoms. The Hall–Kier alpha value is -3.71. The average molecular weight is 442 g/mol. The lowest BCUT2D eigenvalue weighted by molar-refractivity contribution is 0.415. The lowest BCUT2D eigenvalue weighted by atomic mass is 10.0. The summed E-state index contributed by atoms with van der Waals surface area (Å²) in [5, 5.41) is 4.18. The minimum Gasteiger partial charge on any atom is -0.497 e. The number of anilines is 1. The van der Waals surface area contributed by atoms with Crippen molar-refractivity contribution >= 4 is 23.0 Å². The average Bonchev–Trinajstić information content (AvgIpc) is 3.44. The van der Waals surface area contributed by atoms with E-state index in [0.29, 0.717) is 11.7 Å². The fourth-order valence-corrected chi connectivity index (χ4v) is 4.53. The van der Waals surface area contributed by atoms with Crippen LogP contribution in [-0.4, -0.2) is 26.8 Å². The van der Waals surface area contributed by atoms with Gasteiger partial charge in [-0.15, -0.1) is 0 Å². The SMILES string of the molecule is COc1ccc(N2C(=S)N[C@@H](c3ccccn3)[C@@H]2c2cccn2Cc2ccccn2)cc1. The Kier molecular flexibility index (Phi) is 5.56. The van der Waals surface area contributed by atoms with E-state index >= 15 is 0 Å². The highest BCUT2D eigenvalue weighted by Crippen LogP contribution is 2.42. The van der Waals surface area contributed by atoms with Crippen LogP contribution in [0, 0.1) is 0 Å². The molecule has 0 aliphatic carbocycles. The molecule has 1 fully saturated rings. The van der Waals surface area contributed by atoms with Crippen molar-refractivity contribution < 1.29 is 4.74 Å². The zero-order valence-electron chi connectivity index (χ0n) is 17.6. The number of aromatic nitrogens is 3. The van der Waals surface area contributed by atoms with Gasteiger partial charge in [-0.2, -0.15) is 0 Å². The van der Waals surface area contributed by atoms with Gasteiger partial charge in [0.25, 0.3) is 0 Å². The van der Waals surface area contributed by atoms with Crippen LogP contribution in [0.25, 0.3) is 0 Å². The molecule has 4 aromatic rings. The van der Waals surface area contributed by atoms with Gasteiger partial charge < -0.3 is 19.5 Å². The van der Waals surface area contributed by atoms with Crippen LogP contribution in [0.15, 0.2) is 91.4 Å². The van der Waals surface area contributed by atoms with Gasteiger partial charge in [0, 0.05) is 30.0 Å². The summed E-state index contributed by atoms with van der Waals surface area (Å²) < 4.78 is 7.58. The van der Waals surface area contributed by atoms with Crippen molar-refractivity contribution in [3.05, 3.63) is 108 Å². The molecule has 5 rings (SSSR count). The molecule has 3 aromatic heterocycles. The lowest BCUT2D eigenvalue weighted by Crippen LogP contribution is -2.30. The van der Waals surface area contributed by atoms with Crippen LogP contribution >= 0.6 is 12.2 Å². The second-order valence-electron chi connectivity index (χ2n) is 7.58. The Morgan fingerprint density at radius 2 is 1.72 bits per heavy atom. The summed E-state index contributed by atoms with van der Waals surface area (Å²) in [7, 11) is 1.67. The van der Waals surface area contributed by atoms with Crippen molar-refractivity contribution in [3.8, 4) is 5.75 Å². The van der Waals surface area contributed by atoms with Crippen LogP contribution in [-0.2, 0) is 6.54 Å². The Bertz CT molecular complexity index is 1190. The first-order valence-corrected chi connectivity index (χ1v) is 10.8. The molecule has 1 saturated heterocycles. The van der Waals surface area contributed by atoms with Gasteiger partial charge in [-0.3, -0.25) is 9.97 Å². The number of nitrogens with zero attached hydrogens (tertiary/aromatic N) is 4. The maximum Gasteiger partial charge on any atom is 0.174 e. The quantitative estimate of drug-likeness (QED) is 0.444. The third-order valence-electron chi connectivity index (χ3n) is 5.67. The van der Waals surface area contributed by atoms with Crippen LogP contribution in [0.4, 0.5) is 5.69 Å². The normalized spacial score (nSPS) is 17.9. The van der Waals surface area contributed by atoms with E-state index in [2.05, 4.69) is 43.1 Å². The summed E-state index contributed by atoms with van der Waals surface area (Å²) in [4.78, 5) is 11.3. The highest BCUT2D eigenvalue weighted by atomic mass is 32.1. The smallest absolute Gasteiger partial charge is 0.174 e. The molecule has 1 aliphatic rings. The summed E-state index contributed by atoms with van der Waals surface area (Å²) in [5.41, 5.74) is 4.08. The second kappa shape index (κ2) is 8.80. The fourth-order valence-electron chi connectivity index (χ4n) is 4.18. The number of methoxy groups -OCH3 is 1. The van der Waals surface area contributed by atoms with E-state index < -0.39 is 0 Å². The molecule has 2 atom stereocenters. The van der Waals surface area contributed by atoms with Gasteiger partial charge in [-0.1, -0.05) is 12.1 Å². The van der Waals surface area contributed by atoms with Crippen molar-refractivity contribution in [2.24, 2.45) is 0 Å². The maximum absolute atomic E-state index is 5.82. The molecule has 7 heteroatoms. The summed E-state index contributed by atoms with van der Waals surface area (Å²) in [6, 6.07) is 24.0. The zero-order valence-corrected chi connectivity index (χ0v) is 18.4. The van der Waals surface area contributed by atoms with Crippen LogP contribution in [0.1, 0.15) is 29.2 Å². The van der Waals surface area contributed by atoms with E-state index in [-0.39, 0.29) is 12.1 Å². The molecule has 0 radical (unpaired) electrons. The molecule has 0 amide bonds. The number of pyridine rings is 2. The van der Waals surface area contributed by atoms with Gasteiger partial charge in [0.15, 0.2) is 5.11 Å². The summed E-state index contributed by atoms with van der Waals surface area (Å²) in [5.74, 6) is 0.808. The molecule has 1 aliphatic heterocycles. The van der Waals surface area contributed by atoms with Gasteiger partial charge in [-0.05, 0) is 72.9 Å². The number of rotatable bonds is 6. The zero-order chi connectivity index (χ0) is 21.9. The summed E-state index contributed by atoms with van der Waals surface area (Å²) in [6.45, 7) is 0.678. The highest BCUT2D eigenvalue weighted by molar-refractivity contribution is 7.80. The van der Waals surface area contributed by atoms with Gasteiger partial charge in [-0.25, -0.2) is 0 Å². The van der Waals surface area contributed by atoms with Crippen molar-refractivity contribution in [2.45, 2.75) is 18.6 Å². The molecular weight excluding hydrogens is 418 g/mol. The number of hydrogen-bond acceptors (Lipinski definition) is 4. The van der Waals surface area contributed by atoms with Crippen LogP contribution < -0.4 is 15.0 Å². The number of ether oxygens (including phenoxy) is 1. The number of benzene rings is 1. The second-order valence-corrected chi connectivity index (χ2v) is 7.96. The molecule has 160 valence electrons. The predicted octanol–water partition coefficient (Wildman–Crippen LogP) is 4.51. The molecule has 6 nitrogen and oxygen atoms in total. The molecule has 0 spiro atoms. The molecule has 32 heavy (non-hydrogen) atoms. The first-order chi connectivity index (χ1) is 15.7. The van der Waals surface area contributed by atoms with E-state index in [9.17, 15) is 0 Å².